The summed E-state index contributed by atoms with van der Waals surface area (Å²) in [5.74, 6) is 0.375. The Morgan fingerprint density at radius 1 is 1.16 bits per heavy atom. The number of piperidine rings is 1. The van der Waals surface area contributed by atoms with Crippen molar-refractivity contribution in [2.75, 3.05) is 11.9 Å². The largest absolute Gasteiger partial charge is 0.434 e. The number of hydrogen-bond acceptors (Lipinski definition) is 7. The van der Waals surface area contributed by atoms with E-state index >= 15 is 0 Å². The smallest absolute Gasteiger partial charge is 0.387 e. The molecule has 3 heterocycles. The Morgan fingerprint density at radius 2 is 1.95 bits per heavy atom. The van der Waals surface area contributed by atoms with Gasteiger partial charge in [0.15, 0.2) is 0 Å². The normalized spacial score (nSPS) is 15.6. The molecule has 5 rings (SSSR count). The van der Waals surface area contributed by atoms with Crippen molar-refractivity contribution in [2.24, 2.45) is 7.05 Å². The third-order valence-electron chi connectivity index (χ3n) is 6.57. The van der Waals surface area contributed by atoms with Gasteiger partial charge in [0, 0.05) is 49.6 Å². The van der Waals surface area contributed by atoms with Crippen LogP contribution in [-0.4, -0.2) is 49.5 Å². The van der Waals surface area contributed by atoms with Crippen LogP contribution in [-0.2, 0) is 25.0 Å². The molecule has 0 bridgehead atoms. The Balaban J connectivity index is 1.46. The second-order valence-corrected chi connectivity index (χ2v) is 9.08. The number of anilines is 1. The average Bonchev–Trinajstić information content (AvgIpc) is 3.14. The minimum Gasteiger partial charge on any atom is -0.434 e. The fourth-order valence-electron chi connectivity index (χ4n) is 4.61. The lowest BCUT2D eigenvalue weighted by atomic mass is 10.1. The van der Waals surface area contributed by atoms with Crippen LogP contribution >= 0.6 is 0 Å². The zero-order chi connectivity index (χ0) is 26.8. The fourth-order valence-corrected chi connectivity index (χ4v) is 4.61. The third-order valence-corrected chi connectivity index (χ3v) is 6.57. The van der Waals surface area contributed by atoms with Crippen molar-refractivity contribution in [3.8, 4) is 16.9 Å². The number of aliphatic hydroxyl groups is 1. The fraction of sp³-hybridized carbons (Fsp3) is 0.308. The second kappa shape index (κ2) is 10.6. The summed E-state index contributed by atoms with van der Waals surface area (Å²) in [5.41, 5.74) is 2.74. The summed E-state index contributed by atoms with van der Waals surface area (Å²) in [5, 5.41) is 16.0. The molecule has 38 heavy (non-hydrogen) atoms. The van der Waals surface area contributed by atoms with E-state index in [4.69, 9.17) is 0 Å². The number of carbonyl (C=O) groups excluding carboxylic acids is 1. The monoisotopic (exact) mass is 524 g/mol. The van der Waals surface area contributed by atoms with E-state index < -0.39 is 6.61 Å². The maximum Gasteiger partial charge on any atom is 0.387 e. The van der Waals surface area contributed by atoms with Crippen LogP contribution in [0.1, 0.15) is 24.0 Å². The molecule has 1 fully saturated rings. The molecular weight excluding hydrogens is 498 g/mol. The predicted octanol–water partition coefficient (Wildman–Crippen LogP) is 2.63. The molecule has 3 N–H and O–H groups in total. The Bertz CT molecular complexity index is 1530. The van der Waals surface area contributed by atoms with E-state index in [-0.39, 0.29) is 36.4 Å². The number of ether oxygens (including phenoxy) is 1. The lowest BCUT2D eigenvalue weighted by molar-refractivity contribution is -0.122. The number of nitrogens with zero attached hydrogens (tertiary/aromatic N) is 4. The molecule has 1 amide bonds. The van der Waals surface area contributed by atoms with Gasteiger partial charge in [0.2, 0.25) is 11.9 Å². The lowest BCUT2D eigenvalue weighted by Crippen LogP contribution is -2.39. The number of halogens is 2. The van der Waals surface area contributed by atoms with Gasteiger partial charge in [-0.15, -0.1) is 0 Å². The summed E-state index contributed by atoms with van der Waals surface area (Å²) < 4.78 is 33.8. The molecule has 1 aliphatic heterocycles. The van der Waals surface area contributed by atoms with Gasteiger partial charge in [-0.05, 0) is 41.8 Å². The van der Waals surface area contributed by atoms with Crippen LogP contribution in [0, 0.1) is 0 Å². The number of fused-ring (bicyclic) bond motifs is 1. The number of rotatable bonds is 8. The van der Waals surface area contributed by atoms with E-state index in [2.05, 4.69) is 25.3 Å². The Kier molecular flexibility index (Phi) is 7.05. The first-order valence-corrected chi connectivity index (χ1v) is 12.0. The molecule has 2 aromatic carbocycles. The van der Waals surface area contributed by atoms with Crippen molar-refractivity contribution in [1.82, 2.24) is 24.6 Å². The quantitative estimate of drug-likeness (QED) is 0.324. The van der Waals surface area contributed by atoms with Crippen molar-refractivity contribution in [3.05, 3.63) is 70.3 Å². The van der Waals surface area contributed by atoms with E-state index in [0.29, 0.717) is 46.5 Å². The number of hydrogen-bond donors (Lipinski definition) is 3. The van der Waals surface area contributed by atoms with E-state index in [9.17, 15) is 23.5 Å². The maximum atomic E-state index is 13.0. The van der Waals surface area contributed by atoms with Crippen LogP contribution in [0.15, 0.2) is 53.6 Å². The zero-order valence-electron chi connectivity index (χ0n) is 20.5. The van der Waals surface area contributed by atoms with Gasteiger partial charge in [-0.25, -0.2) is 9.97 Å². The van der Waals surface area contributed by atoms with E-state index in [0.717, 1.165) is 12.0 Å². The Labute approximate surface area is 215 Å². The van der Waals surface area contributed by atoms with Crippen molar-refractivity contribution >= 4 is 22.8 Å². The summed E-state index contributed by atoms with van der Waals surface area (Å²) in [4.78, 5) is 33.3. The molecule has 1 unspecified atom stereocenters. The number of benzene rings is 2. The highest BCUT2D eigenvalue weighted by Crippen LogP contribution is 2.27. The third kappa shape index (κ3) is 5.21. The van der Waals surface area contributed by atoms with Gasteiger partial charge in [-0.3, -0.25) is 19.0 Å². The molecule has 10 nitrogen and oxygen atoms in total. The van der Waals surface area contributed by atoms with Gasteiger partial charge in [0.05, 0.1) is 24.1 Å². The summed E-state index contributed by atoms with van der Waals surface area (Å²) in [6.07, 6.45) is 4.46. The standard InChI is InChI=1S/C26H26F2N6O4/c1-33-24(37)20-4-3-16(18-11-30-26(31-12-18)32-19-6-7-29-23(36)10-19)9-21(20)34(33)13-17-8-15(14-35)2-5-22(17)38-25(27)28/h2-5,8-9,11-12,19,25,35H,6-7,10,13-14H2,1H3,(H,29,36)(H,30,31,32). The zero-order valence-corrected chi connectivity index (χ0v) is 20.5. The molecule has 198 valence electrons. The summed E-state index contributed by atoms with van der Waals surface area (Å²) in [6.45, 7) is -2.62. The van der Waals surface area contributed by atoms with Crippen molar-refractivity contribution in [1.29, 1.82) is 0 Å². The van der Waals surface area contributed by atoms with Crippen LogP contribution in [0.25, 0.3) is 22.0 Å². The second-order valence-electron chi connectivity index (χ2n) is 9.08. The molecule has 12 heteroatoms. The molecular formula is C26H26F2N6O4. The highest BCUT2D eigenvalue weighted by atomic mass is 19.3. The topological polar surface area (TPSA) is 123 Å². The summed E-state index contributed by atoms with van der Waals surface area (Å²) in [6, 6.07) is 9.75. The number of amides is 1. The van der Waals surface area contributed by atoms with Crippen LogP contribution in [0.4, 0.5) is 14.7 Å². The molecule has 0 aliphatic carbocycles. The molecule has 0 saturated carbocycles. The average molecular weight is 525 g/mol. The molecule has 4 aromatic rings. The van der Waals surface area contributed by atoms with Crippen molar-refractivity contribution in [3.63, 3.8) is 0 Å². The highest BCUT2D eigenvalue weighted by molar-refractivity contribution is 5.84. The van der Waals surface area contributed by atoms with Crippen LogP contribution in [0.5, 0.6) is 5.75 Å². The number of carbonyl (C=O) groups is 1. The van der Waals surface area contributed by atoms with Gasteiger partial charge in [-0.2, -0.15) is 8.78 Å². The minimum atomic E-state index is -3.02. The number of aliphatic hydroxyl groups excluding tert-OH is 1. The number of aromatic nitrogens is 4. The Morgan fingerprint density at radius 3 is 2.66 bits per heavy atom. The SMILES string of the molecule is Cn1c(=O)c2ccc(-c3cnc(NC4CCNC(=O)C4)nc3)cc2n1Cc1cc(CO)ccc1OC(F)F. The lowest BCUT2D eigenvalue weighted by Gasteiger charge is -2.22. The molecule has 1 atom stereocenters. The van der Waals surface area contributed by atoms with E-state index in [1.54, 1.807) is 42.3 Å². The van der Waals surface area contributed by atoms with E-state index in [1.165, 1.54) is 16.8 Å². The first kappa shape index (κ1) is 25.3. The Hall–Kier alpha value is -4.32. The van der Waals surface area contributed by atoms with Crippen molar-refractivity contribution in [2.45, 2.75) is 38.6 Å². The van der Waals surface area contributed by atoms with Gasteiger partial charge in [0.25, 0.3) is 5.56 Å². The van der Waals surface area contributed by atoms with Gasteiger partial charge < -0.3 is 20.5 Å². The minimum absolute atomic E-state index is 0.0106. The number of nitrogens with one attached hydrogen (secondary N) is 2. The van der Waals surface area contributed by atoms with Crippen LogP contribution in [0.3, 0.4) is 0 Å². The highest BCUT2D eigenvalue weighted by Gasteiger charge is 2.20. The molecule has 1 saturated heterocycles. The van der Waals surface area contributed by atoms with E-state index in [1.807, 2.05) is 6.07 Å². The number of alkyl halides is 2. The summed E-state index contributed by atoms with van der Waals surface area (Å²) in [7, 11) is 1.60. The summed E-state index contributed by atoms with van der Waals surface area (Å²) >= 11 is 0. The molecule has 0 radical (unpaired) electrons. The maximum absolute atomic E-state index is 13.0. The molecule has 0 spiro atoms. The molecule has 2 aromatic heterocycles. The van der Waals surface area contributed by atoms with Crippen LogP contribution < -0.4 is 20.9 Å². The van der Waals surface area contributed by atoms with Crippen LogP contribution in [0.2, 0.25) is 0 Å². The first-order chi connectivity index (χ1) is 18.3. The van der Waals surface area contributed by atoms with Crippen molar-refractivity contribution < 1.29 is 23.4 Å². The predicted molar refractivity (Wildman–Crippen MR) is 136 cm³/mol. The van der Waals surface area contributed by atoms with Gasteiger partial charge in [-0.1, -0.05) is 12.1 Å². The molecule has 1 aliphatic rings. The van der Waals surface area contributed by atoms with Gasteiger partial charge >= 0.3 is 6.61 Å². The first-order valence-electron chi connectivity index (χ1n) is 12.0. The van der Waals surface area contributed by atoms with Gasteiger partial charge in [0.1, 0.15) is 5.75 Å².